The molecule has 2 aromatic rings. The Labute approximate surface area is 174 Å². The van der Waals surface area contributed by atoms with E-state index in [1.54, 1.807) is 0 Å². The molecule has 2 atom stereocenters. The molecule has 0 bridgehead atoms. The molecule has 3 rings (SSSR count). The summed E-state index contributed by atoms with van der Waals surface area (Å²) in [5.41, 5.74) is 6.72. The SMILES string of the molecule is CC[C@H](C)C(=O)N1N=C(c2cc(F)ccc2F)SC1(CCCN)c1ccccc1. The highest BCUT2D eigenvalue weighted by atomic mass is 32.2. The molecule has 0 radical (unpaired) electrons. The Morgan fingerprint density at radius 1 is 1.24 bits per heavy atom. The Hall–Kier alpha value is -2.25. The molecule has 154 valence electrons. The number of benzene rings is 2. The van der Waals surface area contributed by atoms with Crippen LogP contribution in [0.3, 0.4) is 0 Å². The maximum absolute atomic E-state index is 14.5. The second-order valence-corrected chi connectivity index (χ2v) is 8.40. The number of thioether (sulfide) groups is 1. The summed E-state index contributed by atoms with van der Waals surface area (Å²) < 4.78 is 28.3. The van der Waals surface area contributed by atoms with Crippen LogP contribution in [0, 0.1) is 17.6 Å². The molecule has 29 heavy (non-hydrogen) atoms. The first-order valence-electron chi connectivity index (χ1n) is 9.75. The van der Waals surface area contributed by atoms with Crippen molar-refractivity contribution >= 4 is 22.7 Å². The van der Waals surface area contributed by atoms with Crippen molar-refractivity contribution in [1.82, 2.24) is 5.01 Å². The molecule has 7 heteroatoms. The maximum atomic E-state index is 14.5. The van der Waals surface area contributed by atoms with Crippen molar-refractivity contribution in [3.05, 3.63) is 71.3 Å². The van der Waals surface area contributed by atoms with Crippen molar-refractivity contribution in [2.45, 2.75) is 38.0 Å². The first-order chi connectivity index (χ1) is 13.9. The number of rotatable bonds is 7. The number of carbonyl (C=O) groups is 1. The minimum Gasteiger partial charge on any atom is -0.330 e. The number of hydrogen-bond donors (Lipinski definition) is 1. The fraction of sp³-hybridized carbons (Fsp3) is 0.364. The summed E-state index contributed by atoms with van der Waals surface area (Å²) in [6.45, 7) is 4.23. The van der Waals surface area contributed by atoms with Crippen LogP contribution in [0.4, 0.5) is 8.78 Å². The van der Waals surface area contributed by atoms with E-state index in [0.29, 0.717) is 30.9 Å². The lowest BCUT2D eigenvalue weighted by Gasteiger charge is -2.37. The van der Waals surface area contributed by atoms with Gasteiger partial charge in [-0.15, -0.1) is 0 Å². The average Bonchev–Trinajstić information content (AvgIpc) is 3.14. The Morgan fingerprint density at radius 3 is 2.62 bits per heavy atom. The summed E-state index contributed by atoms with van der Waals surface area (Å²) >= 11 is 1.28. The second kappa shape index (κ2) is 9.05. The minimum absolute atomic E-state index is 0.0579. The van der Waals surface area contributed by atoms with Crippen molar-refractivity contribution in [2.24, 2.45) is 16.8 Å². The lowest BCUT2D eigenvalue weighted by atomic mass is 9.98. The van der Waals surface area contributed by atoms with Crippen LogP contribution < -0.4 is 5.73 Å². The number of amides is 1. The quantitative estimate of drug-likeness (QED) is 0.701. The molecule has 0 spiro atoms. The number of carbonyl (C=O) groups excluding carboxylic acids is 1. The first kappa shape index (κ1) is 21.5. The summed E-state index contributed by atoms with van der Waals surface area (Å²) in [7, 11) is 0. The topological polar surface area (TPSA) is 58.7 Å². The lowest BCUT2D eigenvalue weighted by molar-refractivity contribution is -0.138. The van der Waals surface area contributed by atoms with Crippen LogP contribution in [-0.4, -0.2) is 22.5 Å². The van der Waals surface area contributed by atoms with Gasteiger partial charge < -0.3 is 5.73 Å². The van der Waals surface area contributed by atoms with Gasteiger partial charge in [-0.1, -0.05) is 55.9 Å². The lowest BCUT2D eigenvalue weighted by Crippen LogP contribution is -2.44. The number of halogens is 2. The van der Waals surface area contributed by atoms with Crippen molar-refractivity contribution < 1.29 is 13.6 Å². The molecule has 2 aromatic carbocycles. The minimum atomic E-state index is -0.852. The Morgan fingerprint density at radius 2 is 1.97 bits per heavy atom. The van der Waals surface area contributed by atoms with Crippen molar-refractivity contribution in [3.8, 4) is 0 Å². The van der Waals surface area contributed by atoms with Gasteiger partial charge in [-0.3, -0.25) is 4.79 Å². The molecule has 1 unspecified atom stereocenters. The molecule has 2 N–H and O–H groups in total. The molecule has 1 amide bonds. The van der Waals surface area contributed by atoms with E-state index >= 15 is 0 Å². The van der Waals surface area contributed by atoms with Crippen molar-refractivity contribution in [2.75, 3.05) is 6.54 Å². The van der Waals surface area contributed by atoms with Crippen LogP contribution in [-0.2, 0) is 9.67 Å². The maximum Gasteiger partial charge on any atom is 0.247 e. The Balaban J connectivity index is 2.15. The third-order valence-electron chi connectivity index (χ3n) is 5.14. The highest BCUT2D eigenvalue weighted by molar-refractivity contribution is 8.15. The summed E-state index contributed by atoms with van der Waals surface area (Å²) in [5.74, 6) is -1.52. The molecule has 1 aliphatic heterocycles. The standard InChI is InChI=1S/C22H25F2N3OS/c1-3-15(2)21(28)27-22(12-7-13-25,16-8-5-4-6-9-16)29-20(26-27)18-14-17(23)10-11-19(18)24/h4-6,8-11,14-15H,3,7,12-13,25H2,1-2H3/t15-,22?/m0/s1. The molecule has 0 aliphatic carbocycles. The summed E-state index contributed by atoms with van der Waals surface area (Å²) in [6.07, 6.45) is 1.85. The van der Waals surface area contributed by atoms with Crippen LogP contribution in [0.5, 0.6) is 0 Å². The summed E-state index contributed by atoms with van der Waals surface area (Å²) in [6, 6.07) is 12.8. The highest BCUT2D eigenvalue weighted by Gasteiger charge is 2.49. The Kier molecular flexibility index (Phi) is 6.70. The summed E-state index contributed by atoms with van der Waals surface area (Å²) in [4.78, 5) is 12.4. The molecular weight excluding hydrogens is 392 g/mol. The third-order valence-corrected chi connectivity index (χ3v) is 6.59. The van der Waals surface area contributed by atoms with E-state index in [2.05, 4.69) is 5.10 Å². The van der Waals surface area contributed by atoms with Gasteiger partial charge in [0, 0.05) is 11.5 Å². The fourth-order valence-electron chi connectivity index (χ4n) is 3.30. The van der Waals surface area contributed by atoms with Gasteiger partial charge >= 0.3 is 0 Å². The van der Waals surface area contributed by atoms with E-state index in [9.17, 15) is 13.6 Å². The van der Waals surface area contributed by atoms with E-state index in [-0.39, 0.29) is 17.4 Å². The van der Waals surface area contributed by atoms with Gasteiger partial charge in [0.2, 0.25) is 5.91 Å². The molecule has 0 fully saturated rings. The van der Waals surface area contributed by atoms with Gasteiger partial charge in [0.1, 0.15) is 21.5 Å². The second-order valence-electron chi connectivity index (χ2n) is 7.13. The van der Waals surface area contributed by atoms with E-state index in [0.717, 1.165) is 23.8 Å². The normalized spacial score (nSPS) is 19.9. The van der Waals surface area contributed by atoms with E-state index in [4.69, 9.17) is 5.73 Å². The molecule has 0 saturated carbocycles. The van der Waals surface area contributed by atoms with Crippen LogP contribution in [0.15, 0.2) is 53.6 Å². The largest absolute Gasteiger partial charge is 0.330 e. The first-order valence-corrected chi connectivity index (χ1v) is 10.6. The molecule has 0 saturated heterocycles. The van der Waals surface area contributed by atoms with Crippen LogP contribution in [0.1, 0.15) is 44.2 Å². The zero-order valence-corrected chi connectivity index (χ0v) is 17.4. The van der Waals surface area contributed by atoms with Crippen molar-refractivity contribution in [3.63, 3.8) is 0 Å². The van der Waals surface area contributed by atoms with Crippen molar-refractivity contribution in [1.29, 1.82) is 0 Å². The van der Waals surface area contributed by atoms with E-state index in [1.807, 2.05) is 44.2 Å². The third kappa shape index (κ3) is 4.21. The number of hydrogen-bond acceptors (Lipinski definition) is 4. The zero-order valence-electron chi connectivity index (χ0n) is 16.6. The number of nitrogens with two attached hydrogens (primary N) is 1. The van der Waals surface area contributed by atoms with Gasteiger partial charge in [0.15, 0.2) is 0 Å². The molecule has 4 nitrogen and oxygen atoms in total. The predicted octanol–water partition coefficient (Wildman–Crippen LogP) is 4.84. The molecular formula is C22H25F2N3OS. The highest BCUT2D eigenvalue weighted by Crippen LogP contribution is 2.51. The molecule has 1 aliphatic rings. The van der Waals surface area contributed by atoms with Crippen LogP contribution in [0.25, 0.3) is 0 Å². The Bertz CT molecular complexity index is 906. The van der Waals surface area contributed by atoms with Gasteiger partial charge in [0.25, 0.3) is 0 Å². The van der Waals surface area contributed by atoms with Gasteiger partial charge in [-0.05, 0) is 49.6 Å². The van der Waals surface area contributed by atoms with E-state index in [1.165, 1.54) is 16.8 Å². The van der Waals surface area contributed by atoms with Gasteiger partial charge in [-0.25, -0.2) is 13.8 Å². The zero-order chi connectivity index (χ0) is 21.0. The number of hydrazone groups is 1. The monoisotopic (exact) mass is 417 g/mol. The van der Waals surface area contributed by atoms with E-state index < -0.39 is 16.5 Å². The van der Waals surface area contributed by atoms with Gasteiger partial charge in [-0.2, -0.15) is 5.10 Å². The van der Waals surface area contributed by atoms with Crippen LogP contribution >= 0.6 is 11.8 Å². The fourth-order valence-corrected chi connectivity index (χ4v) is 4.73. The smallest absolute Gasteiger partial charge is 0.247 e. The number of nitrogens with zero attached hydrogens (tertiary/aromatic N) is 2. The molecule has 0 aromatic heterocycles. The summed E-state index contributed by atoms with van der Waals surface area (Å²) in [5, 5.41) is 6.29. The van der Waals surface area contributed by atoms with Gasteiger partial charge in [0.05, 0.1) is 0 Å². The predicted molar refractivity (Wildman–Crippen MR) is 113 cm³/mol. The average molecular weight is 418 g/mol. The molecule has 1 heterocycles. The van der Waals surface area contributed by atoms with Crippen LogP contribution in [0.2, 0.25) is 0 Å².